The van der Waals surface area contributed by atoms with E-state index in [9.17, 15) is 9.32 Å². The third-order valence-corrected chi connectivity index (χ3v) is 5.35. The highest BCUT2D eigenvalue weighted by atomic mass is 32.2. The molecular formula is C18H22O2S. The average molecular weight is 302 g/mol. The van der Waals surface area contributed by atoms with E-state index in [1.54, 1.807) is 29.8 Å². The second kappa shape index (κ2) is 5.57. The molecule has 21 heavy (non-hydrogen) atoms. The average Bonchev–Trinajstić information content (AvgIpc) is 2.37. The Hall–Kier alpha value is -1.74. The number of hydrogen-bond donors (Lipinski definition) is 1. The van der Waals surface area contributed by atoms with Gasteiger partial charge in [0.1, 0.15) is 5.75 Å². The first-order valence-electron chi connectivity index (χ1n) is 6.92. The fourth-order valence-corrected chi connectivity index (χ4v) is 3.63. The fourth-order valence-electron chi connectivity index (χ4n) is 2.15. The molecule has 1 atom stereocenters. The Kier molecular flexibility index (Phi) is 4.15. The normalized spacial score (nSPS) is 14.5. The largest absolute Gasteiger partial charge is 0.508 e. The van der Waals surface area contributed by atoms with Crippen molar-refractivity contribution in [2.75, 3.05) is 6.26 Å². The first-order valence-corrected chi connectivity index (χ1v) is 8.95. The van der Waals surface area contributed by atoms with Crippen LogP contribution in [0.25, 0.3) is 0 Å². The van der Waals surface area contributed by atoms with Crippen LogP contribution in [0.4, 0.5) is 0 Å². The molecule has 2 aromatic carbocycles. The molecule has 0 amide bonds. The molecule has 2 aromatic rings. The minimum Gasteiger partial charge on any atom is -0.508 e. The van der Waals surface area contributed by atoms with Crippen LogP contribution in [0.15, 0.2) is 53.4 Å². The van der Waals surface area contributed by atoms with Crippen LogP contribution in [-0.2, 0) is 14.9 Å². The van der Waals surface area contributed by atoms with E-state index in [0.29, 0.717) is 0 Å². The highest BCUT2D eigenvalue weighted by Gasteiger charge is 2.14. The number of rotatable bonds is 2. The van der Waals surface area contributed by atoms with E-state index >= 15 is 0 Å². The van der Waals surface area contributed by atoms with Gasteiger partial charge in [-0.3, -0.25) is 4.21 Å². The number of phenols is 1. The minimum atomic E-state index is -2.28. The maximum atomic E-state index is 12.9. The van der Waals surface area contributed by atoms with Gasteiger partial charge in [-0.25, -0.2) is 0 Å². The quantitative estimate of drug-likeness (QED) is 0.856. The van der Waals surface area contributed by atoms with E-state index in [2.05, 4.69) is 20.8 Å². The summed E-state index contributed by atoms with van der Waals surface area (Å²) in [5.74, 6) is 0.182. The fraction of sp³-hybridized carbons (Fsp3) is 0.278. The zero-order chi connectivity index (χ0) is 15.7. The van der Waals surface area contributed by atoms with Crippen LogP contribution >= 0.6 is 0 Å². The first kappa shape index (κ1) is 15.6. The molecule has 0 spiro atoms. The monoisotopic (exact) mass is 302 g/mol. The number of phenolic OH excluding ortho intramolecular Hbond substituents is 1. The van der Waals surface area contributed by atoms with E-state index in [-0.39, 0.29) is 11.2 Å². The van der Waals surface area contributed by atoms with Crippen molar-refractivity contribution in [2.45, 2.75) is 31.1 Å². The number of hydrogen-bond acceptors (Lipinski definition) is 2. The van der Waals surface area contributed by atoms with Crippen LogP contribution in [-0.4, -0.2) is 20.9 Å². The smallest absolute Gasteiger partial charge is 0.116 e. The molecule has 0 heterocycles. The molecule has 0 radical (unpaired) electrons. The second-order valence-corrected chi connectivity index (χ2v) is 8.91. The zero-order valence-electron chi connectivity index (χ0n) is 13.0. The Morgan fingerprint density at radius 2 is 1.67 bits per heavy atom. The lowest BCUT2D eigenvalue weighted by Gasteiger charge is -2.19. The maximum Gasteiger partial charge on any atom is 0.116 e. The van der Waals surface area contributed by atoms with Crippen LogP contribution in [0.3, 0.4) is 0 Å². The molecule has 0 saturated carbocycles. The molecule has 1 unspecified atom stereocenters. The van der Waals surface area contributed by atoms with Crippen molar-refractivity contribution in [3.8, 4) is 5.75 Å². The third kappa shape index (κ3) is 3.88. The number of aromatic hydroxyl groups is 1. The first-order chi connectivity index (χ1) is 9.68. The lowest BCUT2D eigenvalue weighted by atomic mass is 9.87. The van der Waals surface area contributed by atoms with Crippen LogP contribution in [0.5, 0.6) is 5.75 Å². The molecule has 0 aromatic heterocycles. The Morgan fingerprint density at radius 3 is 2.19 bits per heavy atom. The van der Waals surface area contributed by atoms with Crippen LogP contribution < -0.4 is 0 Å². The summed E-state index contributed by atoms with van der Waals surface area (Å²) in [4.78, 5) is 0.804. The van der Waals surface area contributed by atoms with E-state index in [1.165, 1.54) is 5.56 Å². The molecule has 0 aliphatic carbocycles. The van der Waals surface area contributed by atoms with E-state index in [4.69, 9.17) is 0 Å². The Labute approximate surface area is 127 Å². The minimum absolute atomic E-state index is 0.0854. The van der Waals surface area contributed by atoms with Crippen LogP contribution in [0.1, 0.15) is 31.9 Å². The van der Waals surface area contributed by atoms with Gasteiger partial charge in [0.2, 0.25) is 0 Å². The molecule has 0 bridgehead atoms. The summed E-state index contributed by atoms with van der Waals surface area (Å²) in [6.07, 6.45) is 1.73. The standard InChI is InChI=1S/C18H22O2S/c1-18(2,3)15-8-10-17(11-9-15)21(4,20)13-14-6-5-7-16(19)12-14/h5-13,19H,1-4H3. The van der Waals surface area contributed by atoms with Gasteiger partial charge in [-0.05, 0) is 40.8 Å². The maximum absolute atomic E-state index is 12.9. The van der Waals surface area contributed by atoms with Crippen molar-refractivity contribution < 1.29 is 9.32 Å². The van der Waals surface area contributed by atoms with Gasteiger partial charge in [-0.15, -0.1) is 0 Å². The predicted molar refractivity (Wildman–Crippen MR) is 90.7 cm³/mol. The molecule has 0 aliphatic heterocycles. The van der Waals surface area contributed by atoms with Crippen molar-refractivity contribution in [3.63, 3.8) is 0 Å². The van der Waals surface area contributed by atoms with E-state index < -0.39 is 9.52 Å². The van der Waals surface area contributed by atoms with Gasteiger partial charge in [0, 0.05) is 26.0 Å². The summed E-state index contributed by atoms with van der Waals surface area (Å²) in [5.41, 5.74) is 2.07. The summed E-state index contributed by atoms with van der Waals surface area (Å²) >= 11 is 0. The van der Waals surface area contributed by atoms with Gasteiger partial charge < -0.3 is 5.11 Å². The molecule has 112 valence electrons. The highest BCUT2D eigenvalue weighted by molar-refractivity contribution is 8.01. The summed E-state index contributed by atoms with van der Waals surface area (Å²) in [5, 5.41) is 11.2. The summed E-state index contributed by atoms with van der Waals surface area (Å²) in [7, 11) is -2.28. The van der Waals surface area contributed by atoms with Gasteiger partial charge in [0.15, 0.2) is 0 Å². The number of benzene rings is 2. The van der Waals surface area contributed by atoms with Crippen LogP contribution in [0, 0.1) is 0 Å². The molecule has 1 N–H and O–H groups in total. The predicted octanol–water partition coefficient (Wildman–Crippen LogP) is 3.81. The van der Waals surface area contributed by atoms with Crippen molar-refractivity contribution in [1.29, 1.82) is 0 Å². The van der Waals surface area contributed by atoms with Gasteiger partial charge in [0.05, 0.1) is 0 Å². The van der Waals surface area contributed by atoms with Gasteiger partial charge in [-0.2, -0.15) is 0 Å². The van der Waals surface area contributed by atoms with Gasteiger partial charge >= 0.3 is 0 Å². The molecule has 2 nitrogen and oxygen atoms in total. The highest BCUT2D eigenvalue weighted by Crippen LogP contribution is 2.23. The topological polar surface area (TPSA) is 37.3 Å². The van der Waals surface area contributed by atoms with E-state index in [0.717, 1.165) is 10.5 Å². The molecular weight excluding hydrogens is 280 g/mol. The van der Waals surface area contributed by atoms with Crippen LogP contribution in [0.2, 0.25) is 0 Å². The Bertz CT molecular complexity index is 744. The third-order valence-electron chi connectivity index (χ3n) is 3.42. The molecule has 0 saturated heterocycles. The van der Waals surface area contributed by atoms with Crippen molar-refractivity contribution in [3.05, 3.63) is 59.7 Å². The second-order valence-electron chi connectivity index (χ2n) is 6.39. The van der Waals surface area contributed by atoms with Crippen molar-refractivity contribution >= 4 is 14.9 Å². The zero-order valence-corrected chi connectivity index (χ0v) is 13.8. The van der Waals surface area contributed by atoms with E-state index in [1.807, 2.05) is 30.3 Å². The summed E-state index contributed by atoms with van der Waals surface area (Å²) < 4.78 is 12.9. The Balaban J connectivity index is 2.42. The summed E-state index contributed by atoms with van der Waals surface area (Å²) in [6.45, 7) is 6.47. The van der Waals surface area contributed by atoms with Crippen molar-refractivity contribution in [1.82, 2.24) is 0 Å². The summed E-state index contributed by atoms with van der Waals surface area (Å²) in [6, 6.07) is 14.7. The molecule has 0 aliphatic rings. The van der Waals surface area contributed by atoms with Gasteiger partial charge in [0.25, 0.3) is 0 Å². The van der Waals surface area contributed by atoms with Crippen molar-refractivity contribution in [2.24, 2.45) is 0 Å². The van der Waals surface area contributed by atoms with Gasteiger partial charge in [-0.1, -0.05) is 45.0 Å². The molecule has 0 fully saturated rings. The lowest BCUT2D eigenvalue weighted by molar-refractivity contribution is 0.475. The lowest BCUT2D eigenvalue weighted by Crippen LogP contribution is -2.11. The molecule has 3 heteroatoms. The molecule has 2 rings (SSSR count). The SMILES string of the molecule is CC(C)(C)c1ccc(S(C)(=O)=Cc2cccc(O)c2)cc1. The Morgan fingerprint density at radius 1 is 1.05 bits per heavy atom.